The summed E-state index contributed by atoms with van der Waals surface area (Å²) >= 11 is 6.29. The molecule has 0 aliphatic carbocycles. The van der Waals surface area contributed by atoms with Gasteiger partial charge < -0.3 is 28.5 Å². The number of hydrogen-bond acceptors (Lipinski definition) is 6. The van der Waals surface area contributed by atoms with Gasteiger partial charge in [0.05, 0.1) is 0 Å². The van der Waals surface area contributed by atoms with E-state index >= 15 is 0 Å². The molecule has 0 saturated carbocycles. The molecule has 0 radical (unpaired) electrons. The number of fused-ring (bicyclic) bond motifs is 1. The molecule has 2 heterocycles. The molecule has 5 atom stereocenters. The molecular formula is C23H37ClO6Si. The zero-order valence-corrected chi connectivity index (χ0v) is 21.7. The second-order valence-electron chi connectivity index (χ2n) is 10.4. The first-order valence-corrected chi connectivity index (χ1v) is 14.2. The predicted octanol–water partition coefficient (Wildman–Crippen LogP) is 4.83. The van der Waals surface area contributed by atoms with Gasteiger partial charge in [-0.15, -0.1) is 0 Å². The number of benzene rings is 1. The van der Waals surface area contributed by atoms with Crippen LogP contribution in [-0.2, 0) is 29.8 Å². The normalized spacial score (nSPS) is 29.2. The summed E-state index contributed by atoms with van der Waals surface area (Å²) in [5.41, 5.74) is 1.70. The molecule has 31 heavy (non-hydrogen) atoms. The van der Waals surface area contributed by atoms with Gasteiger partial charge in [-0.25, -0.2) is 0 Å². The van der Waals surface area contributed by atoms with Crippen LogP contribution in [-0.4, -0.2) is 57.5 Å². The summed E-state index contributed by atoms with van der Waals surface area (Å²) in [6.45, 7) is 15.4. The lowest BCUT2D eigenvalue weighted by atomic mass is 9.94. The molecule has 1 aromatic rings. The summed E-state index contributed by atoms with van der Waals surface area (Å²) in [4.78, 5) is 0. The Balaban J connectivity index is 1.78. The molecule has 0 aromatic heterocycles. The maximum atomic E-state index is 11.3. The molecule has 2 saturated heterocycles. The largest absolute Gasteiger partial charge is 0.416 e. The number of methoxy groups -OCH3 is 1. The van der Waals surface area contributed by atoms with E-state index in [9.17, 15) is 5.11 Å². The van der Waals surface area contributed by atoms with Crippen molar-refractivity contribution in [2.75, 3.05) is 13.7 Å². The molecule has 0 bridgehead atoms. The number of ether oxygens (including phenoxy) is 4. The third kappa shape index (κ3) is 5.36. The van der Waals surface area contributed by atoms with Gasteiger partial charge in [-0.2, -0.15) is 0 Å². The van der Waals surface area contributed by atoms with E-state index in [1.165, 1.54) is 0 Å². The number of rotatable bonds is 7. The summed E-state index contributed by atoms with van der Waals surface area (Å²) in [6.07, 6.45) is -2.29. The first kappa shape index (κ1) is 25.1. The smallest absolute Gasteiger partial charge is 0.191 e. The van der Waals surface area contributed by atoms with Gasteiger partial charge in [0.25, 0.3) is 0 Å². The van der Waals surface area contributed by atoms with Crippen LogP contribution in [0.2, 0.25) is 23.2 Å². The Labute approximate surface area is 192 Å². The van der Waals surface area contributed by atoms with Crippen LogP contribution in [0.1, 0.15) is 51.8 Å². The Kier molecular flexibility index (Phi) is 7.31. The van der Waals surface area contributed by atoms with Gasteiger partial charge >= 0.3 is 0 Å². The first-order chi connectivity index (χ1) is 14.3. The Hall–Kier alpha value is -0.513. The fourth-order valence-electron chi connectivity index (χ4n) is 3.92. The summed E-state index contributed by atoms with van der Waals surface area (Å²) in [5.74, 6) is -0.756. The van der Waals surface area contributed by atoms with Crippen molar-refractivity contribution >= 4 is 19.9 Å². The van der Waals surface area contributed by atoms with E-state index in [1.807, 2.05) is 26.0 Å². The zero-order valence-electron chi connectivity index (χ0n) is 19.9. The highest BCUT2D eigenvalue weighted by atomic mass is 35.5. The molecule has 0 spiro atoms. The van der Waals surface area contributed by atoms with Gasteiger partial charge in [-0.1, -0.05) is 38.4 Å². The Morgan fingerprint density at radius 2 is 1.84 bits per heavy atom. The van der Waals surface area contributed by atoms with Crippen molar-refractivity contribution in [3.8, 4) is 0 Å². The fraction of sp³-hybridized carbons (Fsp3) is 0.739. The van der Waals surface area contributed by atoms with E-state index in [0.29, 0.717) is 18.1 Å². The maximum Gasteiger partial charge on any atom is 0.191 e. The molecule has 6 nitrogen and oxygen atoms in total. The molecule has 3 rings (SSSR count). The van der Waals surface area contributed by atoms with Gasteiger partial charge in [0.1, 0.15) is 24.4 Å². The summed E-state index contributed by atoms with van der Waals surface area (Å²) in [6, 6.07) is 5.54. The van der Waals surface area contributed by atoms with Crippen LogP contribution in [0.3, 0.4) is 0 Å². The standard InChI is InChI=1S/C23H37ClO6Si/c1-22(2,3)31(7,8)27-12-11-14-13-15(24)9-10-16(14)17(25)18-19-20(21(26-6)28-18)30-23(4,5)29-19/h9-10,13,17-21,25H,11-12H2,1-8H3/t17-,18-,19-,20-,21-/m1/s1. The van der Waals surface area contributed by atoms with E-state index in [2.05, 4.69) is 33.9 Å². The summed E-state index contributed by atoms with van der Waals surface area (Å²) < 4.78 is 29.8. The van der Waals surface area contributed by atoms with Gasteiger partial charge in [0.15, 0.2) is 20.4 Å². The number of aliphatic hydroxyl groups is 1. The molecule has 2 aliphatic heterocycles. The average molecular weight is 473 g/mol. The Morgan fingerprint density at radius 1 is 1.19 bits per heavy atom. The minimum Gasteiger partial charge on any atom is -0.416 e. The predicted molar refractivity (Wildman–Crippen MR) is 123 cm³/mol. The third-order valence-corrected chi connectivity index (χ3v) is 11.4. The van der Waals surface area contributed by atoms with Gasteiger partial charge in [-0.05, 0) is 61.7 Å². The van der Waals surface area contributed by atoms with Crippen molar-refractivity contribution in [2.45, 2.75) is 95.7 Å². The number of halogens is 1. The van der Waals surface area contributed by atoms with E-state index in [1.54, 1.807) is 13.2 Å². The quantitative estimate of drug-likeness (QED) is 0.573. The van der Waals surface area contributed by atoms with Crippen LogP contribution >= 0.6 is 11.6 Å². The molecule has 0 amide bonds. The van der Waals surface area contributed by atoms with Crippen LogP contribution in [0, 0.1) is 0 Å². The SMILES string of the molecule is CO[C@@H]1O[C@H]([C@H](O)c2ccc(Cl)cc2CCO[Si](C)(C)C(C)(C)C)[C@H]2OC(C)(C)O[C@@H]12. The van der Waals surface area contributed by atoms with Crippen molar-refractivity contribution in [3.05, 3.63) is 34.3 Å². The van der Waals surface area contributed by atoms with Crippen molar-refractivity contribution in [2.24, 2.45) is 0 Å². The van der Waals surface area contributed by atoms with Crippen LogP contribution in [0.15, 0.2) is 18.2 Å². The molecule has 176 valence electrons. The van der Waals surface area contributed by atoms with Crippen LogP contribution < -0.4 is 0 Å². The van der Waals surface area contributed by atoms with Crippen LogP contribution in [0.5, 0.6) is 0 Å². The fourth-order valence-corrected chi connectivity index (χ4v) is 5.16. The molecule has 2 fully saturated rings. The van der Waals surface area contributed by atoms with Crippen molar-refractivity contribution < 1.29 is 28.5 Å². The summed E-state index contributed by atoms with van der Waals surface area (Å²) in [5, 5.41) is 12.1. The minimum absolute atomic E-state index is 0.137. The highest BCUT2D eigenvalue weighted by Gasteiger charge is 2.57. The third-order valence-electron chi connectivity index (χ3n) is 6.65. The van der Waals surface area contributed by atoms with Crippen molar-refractivity contribution in [1.82, 2.24) is 0 Å². The van der Waals surface area contributed by atoms with Crippen molar-refractivity contribution in [1.29, 1.82) is 0 Å². The van der Waals surface area contributed by atoms with E-state index in [0.717, 1.165) is 11.1 Å². The lowest BCUT2D eigenvalue weighted by Gasteiger charge is -2.36. The Morgan fingerprint density at radius 3 is 2.45 bits per heavy atom. The molecule has 1 aromatic carbocycles. The molecule has 2 aliphatic rings. The second-order valence-corrected chi connectivity index (χ2v) is 15.7. The average Bonchev–Trinajstić information content (AvgIpc) is 3.13. The second kappa shape index (κ2) is 9.03. The first-order valence-electron chi connectivity index (χ1n) is 10.9. The van der Waals surface area contributed by atoms with E-state index < -0.39 is 44.8 Å². The van der Waals surface area contributed by atoms with E-state index in [4.69, 9.17) is 35.0 Å². The van der Waals surface area contributed by atoms with Crippen LogP contribution in [0.25, 0.3) is 0 Å². The summed E-state index contributed by atoms with van der Waals surface area (Å²) in [7, 11) is -0.297. The van der Waals surface area contributed by atoms with E-state index in [-0.39, 0.29) is 5.04 Å². The zero-order chi connectivity index (χ0) is 23.2. The highest BCUT2D eigenvalue weighted by Crippen LogP contribution is 2.43. The van der Waals surface area contributed by atoms with Crippen molar-refractivity contribution in [3.63, 3.8) is 0 Å². The number of hydrogen-bond donors (Lipinski definition) is 1. The topological polar surface area (TPSA) is 66.4 Å². The van der Waals surface area contributed by atoms with Gasteiger partial charge in [0, 0.05) is 18.7 Å². The minimum atomic E-state index is -1.86. The van der Waals surface area contributed by atoms with Gasteiger partial charge in [-0.3, -0.25) is 0 Å². The lowest BCUT2D eigenvalue weighted by molar-refractivity contribution is -0.237. The number of aliphatic hydroxyl groups excluding tert-OH is 1. The molecular weight excluding hydrogens is 436 g/mol. The molecule has 8 heteroatoms. The molecule has 1 N–H and O–H groups in total. The molecule has 0 unspecified atom stereocenters. The highest BCUT2D eigenvalue weighted by molar-refractivity contribution is 6.74. The van der Waals surface area contributed by atoms with Crippen LogP contribution in [0.4, 0.5) is 0 Å². The van der Waals surface area contributed by atoms with Gasteiger partial charge in [0.2, 0.25) is 0 Å². The monoisotopic (exact) mass is 472 g/mol. The Bertz CT molecular complexity index is 778. The lowest BCUT2D eigenvalue weighted by Crippen LogP contribution is -2.41. The maximum absolute atomic E-state index is 11.3.